The highest BCUT2D eigenvalue weighted by Crippen LogP contribution is 2.22. The van der Waals surface area contributed by atoms with Gasteiger partial charge in [0.05, 0.1) is 5.60 Å². The molecule has 0 atom stereocenters. The van der Waals surface area contributed by atoms with Gasteiger partial charge in [0.25, 0.3) is 5.91 Å². The summed E-state index contributed by atoms with van der Waals surface area (Å²) in [4.78, 5) is 13.4. The van der Waals surface area contributed by atoms with Crippen LogP contribution in [0.5, 0.6) is 5.75 Å². The predicted molar refractivity (Wildman–Crippen MR) is 75.3 cm³/mol. The van der Waals surface area contributed by atoms with E-state index in [0.717, 1.165) is 16.9 Å². The molecule has 1 aromatic rings. The second-order valence-corrected chi connectivity index (χ2v) is 5.57. The molecule has 1 aromatic carbocycles. The lowest BCUT2D eigenvalue weighted by Crippen LogP contribution is -2.41. The van der Waals surface area contributed by atoms with Crippen LogP contribution in [0.25, 0.3) is 0 Å². The van der Waals surface area contributed by atoms with Crippen molar-refractivity contribution < 1.29 is 14.6 Å². The van der Waals surface area contributed by atoms with Gasteiger partial charge in [-0.1, -0.05) is 18.2 Å². The molecule has 0 unspecified atom stereocenters. The Morgan fingerprint density at radius 3 is 2.32 bits per heavy atom. The molecule has 0 heterocycles. The monoisotopic (exact) mass is 265 g/mol. The molecule has 0 spiro atoms. The Morgan fingerprint density at radius 1 is 1.32 bits per heavy atom. The molecule has 1 amide bonds. The van der Waals surface area contributed by atoms with E-state index in [1.807, 2.05) is 32.0 Å². The smallest absolute Gasteiger partial charge is 0.260 e. The lowest BCUT2D eigenvalue weighted by Gasteiger charge is -2.25. The molecule has 4 nitrogen and oxygen atoms in total. The third kappa shape index (κ3) is 4.91. The number of ether oxygens (including phenoxy) is 1. The van der Waals surface area contributed by atoms with E-state index in [4.69, 9.17) is 4.74 Å². The van der Waals surface area contributed by atoms with Crippen LogP contribution in [0.2, 0.25) is 0 Å². The molecule has 19 heavy (non-hydrogen) atoms. The molecular weight excluding hydrogens is 242 g/mol. The molecular formula is C15H23NO3. The number of benzene rings is 1. The Kier molecular flexibility index (Phi) is 4.95. The van der Waals surface area contributed by atoms with E-state index in [1.54, 1.807) is 20.9 Å². The lowest BCUT2D eigenvalue weighted by atomic mass is 10.1. The second-order valence-electron chi connectivity index (χ2n) is 5.57. The largest absolute Gasteiger partial charge is 0.483 e. The van der Waals surface area contributed by atoms with Gasteiger partial charge in [-0.3, -0.25) is 4.79 Å². The molecule has 1 rings (SSSR count). The zero-order chi connectivity index (χ0) is 14.6. The van der Waals surface area contributed by atoms with E-state index >= 15 is 0 Å². The van der Waals surface area contributed by atoms with E-state index in [2.05, 4.69) is 0 Å². The summed E-state index contributed by atoms with van der Waals surface area (Å²) in [5.41, 5.74) is 1.12. The van der Waals surface area contributed by atoms with Crippen LogP contribution in [0.4, 0.5) is 0 Å². The normalized spacial score (nSPS) is 11.3. The fraction of sp³-hybridized carbons (Fsp3) is 0.533. The number of amides is 1. The van der Waals surface area contributed by atoms with Crippen molar-refractivity contribution in [1.29, 1.82) is 0 Å². The van der Waals surface area contributed by atoms with E-state index in [1.165, 1.54) is 4.90 Å². The van der Waals surface area contributed by atoms with Crippen molar-refractivity contribution in [2.45, 2.75) is 33.3 Å². The van der Waals surface area contributed by atoms with Crippen molar-refractivity contribution in [3.8, 4) is 5.75 Å². The summed E-state index contributed by atoms with van der Waals surface area (Å²) in [7, 11) is 1.66. The summed E-state index contributed by atoms with van der Waals surface area (Å²) in [5, 5.41) is 9.68. The molecule has 0 saturated heterocycles. The van der Waals surface area contributed by atoms with Gasteiger partial charge in [-0.2, -0.15) is 0 Å². The van der Waals surface area contributed by atoms with E-state index in [9.17, 15) is 9.90 Å². The van der Waals surface area contributed by atoms with Crippen LogP contribution in [-0.2, 0) is 4.79 Å². The van der Waals surface area contributed by atoms with Crippen molar-refractivity contribution in [3.63, 3.8) is 0 Å². The SMILES string of the molecule is Cc1cccc(C)c1OCC(=O)N(C)CC(C)(C)O. The van der Waals surface area contributed by atoms with Crippen LogP contribution in [0.15, 0.2) is 18.2 Å². The summed E-state index contributed by atoms with van der Waals surface area (Å²) < 4.78 is 5.59. The minimum Gasteiger partial charge on any atom is -0.483 e. The first-order chi connectivity index (χ1) is 8.70. The molecule has 0 aromatic heterocycles. The minimum atomic E-state index is -0.900. The zero-order valence-electron chi connectivity index (χ0n) is 12.4. The summed E-state index contributed by atoms with van der Waals surface area (Å²) in [6.07, 6.45) is 0. The van der Waals surface area contributed by atoms with Crippen LogP contribution in [-0.4, -0.2) is 41.7 Å². The Labute approximate surface area is 115 Å². The number of para-hydroxylation sites is 1. The molecule has 0 bridgehead atoms. The molecule has 0 aliphatic rings. The summed E-state index contributed by atoms with van der Waals surface area (Å²) in [6, 6.07) is 5.86. The molecule has 4 heteroatoms. The van der Waals surface area contributed by atoms with Crippen LogP contribution >= 0.6 is 0 Å². The number of rotatable bonds is 5. The minimum absolute atomic E-state index is 0.0156. The maximum absolute atomic E-state index is 11.9. The van der Waals surface area contributed by atoms with Gasteiger partial charge in [-0.05, 0) is 38.8 Å². The van der Waals surface area contributed by atoms with Crippen LogP contribution < -0.4 is 4.74 Å². The standard InChI is InChI=1S/C15H23NO3/c1-11-7-6-8-12(2)14(11)19-9-13(17)16(5)10-15(3,4)18/h6-8,18H,9-10H2,1-5H3. The van der Waals surface area contributed by atoms with E-state index in [0.29, 0.717) is 0 Å². The van der Waals surface area contributed by atoms with Gasteiger partial charge in [0, 0.05) is 13.6 Å². The lowest BCUT2D eigenvalue weighted by molar-refractivity contribution is -0.134. The van der Waals surface area contributed by atoms with Crippen molar-refractivity contribution in [1.82, 2.24) is 4.90 Å². The Bertz CT molecular complexity index is 429. The highest BCUT2D eigenvalue weighted by Gasteiger charge is 2.19. The molecule has 0 radical (unpaired) electrons. The molecule has 0 saturated carbocycles. The topological polar surface area (TPSA) is 49.8 Å². The number of nitrogens with zero attached hydrogens (tertiary/aromatic N) is 1. The van der Waals surface area contributed by atoms with Gasteiger partial charge in [0.1, 0.15) is 5.75 Å². The molecule has 0 aliphatic heterocycles. The first-order valence-corrected chi connectivity index (χ1v) is 6.36. The average Bonchev–Trinajstić information content (AvgIpc) is 2.25. The molecule has 0 fully saturated rings. The van der Waals surface area contributed by atoms with Gasteiger partial charge in [0.2, 0.25) is 0 Å². The molecule has 106 valence electrons. The van der Waals surface area contributed by atoms with Crippen molar-refractivity contribution in [2.24, 2.45) is 0 Å². The van der Waals surface area contributed by atoms with Gasteiger partial charge < -0.3 is 14.7 Å². The van der Waals surface area contributed by atoms with Crippen molar-refractivity contribution in [3.05, 3.63) is 29.3 Å². The maximum Gasteiger partial charge on any atom is 0.260 e. The number of aryl methyl sites for hydroxylation is 2. The van der Waals surface area contributed by atoms with Crippen molar-refractivity contribution in [2.75, 3.05) is 20.2 Å². The van der Waals surface area contributed by atoms with Crippen molar-refractivity contribution >= 4 is 5.91 Å². The van der Waals surface area contributed by atoms with E-state index in [-0.39, 0.29) is 19.1 Å². The fourth-order valence-corrected chi connectivity index (χ4v) is 1.94. The zero-order valence-corrected chi connectivity index (χ0v) is 12.4. The fourth-order valence-electron chi connectivity index (χ4n) is 1.94. The average molecular weight is 265 g/mol. The van der Waals surface area contributed by atoms with E-state index < -0.39 is 5.60 Å². The second kappa shape index (κ2) is 6.06. The quantitative estimate of drug-likeness (QED) is 0.884. The Morgan fingerprint density at radius 2 is 1.84 bits per heavy atom. The molecule has 0 aliphatic carbocycles. The highest BCUT2D eigenvalue weighted by atomic mass is 16.5. The Hall–Kier alpha value is -1.55. The summed E-state index contributed by atoms with van der Waals surface area (Å²) >= 11 is 0. The van der Waals surface area contributed by atoms with Crippen LogP contribution in [0.3, 0.4) is 0 Å². The van der Waals surface area contributed by atoms with Gasteiger partial charge in [-0.25, -0.2) is 0 Å². The third-order valence-electron chi connectivity index (χ3n) is 2.80. The van der Waals surface area contributed by atoms with Crippen LogP contribution in [0.1, 0.15) is 25.0 Å². The predicted octanol–water partition coefficient (Wildman–Crippen LogP) is 1.91. The first kappa shape index (κ1) is 15.5. The number of likely N-dealkylation sites (N-methyl/N-ethyl adjacent to an activating group) is 1. The first-order valence-electron chi connectivity index (χ1n) is 6.36. The Balaban J connectivity index is 2.60. The summed E-state index contributed by atoms with van der Waals surface area (Å²) in [6.45, 7) is 7.51. The van der Waals surface area contributed by atoms with Gasteiger partial charge in [-0.15, -0.1) is 0 Å². The number of carbonyl (C=O) groups excluding carboxylic acids is 1. The number of aliphatic hydroxyl groups is 1. The summed E-state index contributed by atoms with van der Waals surface area (Å²) in [5.74, 6) is 0.609. The number of hydrogen-bond donors (Lipinski definition) is 1. The van der Waals surface area contributed by atoms with Gasteiger partial charge in [0.15, 0.2) is 6.61 Å². The highest BCUT2D eigenvalue weighted by molar-refractivity contribution is 5.77. The number of hydrogen-bond acceptors (Lipinski definition) is 3. The maximum atomic E-state index is 11.9. The molecule has 1 N–H and O–H groups in total. The van der Waals surface area contributed by atoms with Crippen LogP contribution in [0, 0.1) is 13.8 Å². The number of carbonyl (C=O) groups is 1. The van der Waals surface area contributed by atoms with Gasteiger partial charge >= 0.3 is 0 Å². The third-order valence-corrected chi connectivity index (χ3v) is 2.80.